The first-order valence-electron chi connectivity index (χ1n) is 6.84. The maximum Gasteiger partial charge on any atom is 0.315 e. The number of thioether (sulfide) groups is 1. The minimum atomic E-state index is -1.21. The van der Waals surface area contributed by atoms with Crippen LogP contribution in [-0.2, 0) is 5.60 Å². The molecular weight excluding hydrogens is 276 g/mol. The van der Waals surface area contributed by atoms with E-state index in [1.165, 1.54) is 6.26 Å². The maximum absolute atomic E-state index is 11.7. The lowest BCUT2D eigenvalue weighted by molar-refractivity contribution is 0.0366. The topological polar surface area (TPSA) is 74.5 Å². The smallest absolute Gasteiger partial charge is 0.315 e. The first-order valence-corrected chi connectivity index (χ1v) is 7.99. The molecule has 1 heterocycles. The lowest BCUT2D eigenvalue weighted by Crippen LogP contribution is -2.46. The quantitative estimate of drug-likeness (QED) is 0.644. The van der Waals surface area contributed by atoms with E-state index >= 15 is 0 Å². The molecule has 5 nitrogen and oxygen atoms in total. The fraction of sp³-hybridized carbons (Fsp3) is 0.643. The fourth-order valence-corrected chi connectivity index (χ4v) is 2.48. The van der Waals surface area contributed by atoms with Gasteiger partial charge in [-0.1, -0.05) is 6.92 Å². The number of aliphatic hydroxyl groups is 1. The zero-order chi connectivity index (χ0) is 15.0. The second-order valence-corrected chi connectivity index (χ2v) is 6.36. The molecule has 0 bridgehead atoms. The van der Waals surface area contributed by atoms with Crippen molar-refractivity contribution in [3.8, 4) is 0 Å². The van der Waals surface area contributed by atoms with E-state index < -0.39 is 5.60 Å². The molecule has 1 aromatic heterocycles. The first kappa shape index (κ1) is 16.9. The minimum absolute atomic E-state index is 0.1000. The highest BCUT2D eigenvalue weighted by atomic mass is 32.2. The molecule has 0 saturated carbocycles. The van der Waals surface area contributed by atoms with Gasteiger partial charge in [0.2, 0.25) is 0 Å². The van der Waals surface area contributed by atoms with Crippen molar-refractivity contribution in [2.24, 2.45) is 0 Å². The first-order chi connectivity index (χ1) is 9.45. The maximum atomic E-state index is 11.7. The van der Waals surface area contributed by atoms with Gasteiger partial charge in [0.25, 0.3) is 0 Å². The summed E-state index contributed by atoms with van der Waals surface area (Å²) < 4.78 is 5.15. The summed E-state index contributed by atoms with van der Waals surface area (Å²) in [5, 5.41) is 15.7. The summed E-state index contributed by atoms with van der Waals surface area (Å²) in [4.78, 5) is 11.7. The number of nitrogens with one attached hydrogen (secondary N) is 2. The van der Waals surface area contributed by atoms with E-state index in [0.29, 0.717) is 5.76 Å². The molecule has 3 N–H and O–H groups in total. The van der Waals surface area contributed by atoms with E-state index in [0.717, 1.165) is 17.9 Å². The van der Waals surface area contributed by atoms with Gasteiger partial charge < -0.3 is 20.2 Å². The zero-order valence-electron chi connectivity index (χ0n) is 12.3. The fourth-order valence-electron chi connectivity index (χ4n) is 1.68. The predicted octanol–water partition coefficient (Wildman–Crippen LogP) is 2.32. The number of urea groups is 1. The Morgan fingerprint density at radius 1 is 1.60 bits per heavy atom. The van der Waals surface area contributed by atoms with E-state index in [1.807, 2.05) is 18.7 Å². The van der Waals surface area contributed by atoms with Gasteiger partial charge in [-0.05, 0) is 43.9 Å². The molecule has 0 aliphatic rings. The minimum Gasteiger partial charge on any atom is -0.466 e. The van der Waals surface area contributed by atoms with Crippen molar-refractivity contribution in [3.05, 3.63) is 24.2 Å². The van der Waals surface area contributed by atoms with Gasteiger partial charge in [-0.2, -0.15) is 11.8 Å². The Morgan fingerprint density at radius 3 is 2.95 bits per heavy atom. The van der Waals surface area contributed by atoms with E-state index in [2.05, 4.69) is 17.6 Å². The van der Waals surface area contributed by atoms with Crippen LogP contribution in [0.4, 0.5) is 4.79 Å². The Bertz CT molecular complexity index is 393. The van der Waals surface area contributed by atoms with E-state index in [9.17, 15) is 9.90 Å². The third-order valence-electron chi connectivity index (χ3n) is 2.92. The van der Waals surface area contributed by atoms with Crippen molar-refractivity contribution in [2.75, 3.05) is 18.1 Å². The average molecular weight is 300 g/mol. The molecule has 0 saturated heterocycles. The molecule has 1 aromatic rings. The Labute approximate surface area is 124 Å². The lowest BCUT2D eigenvalue weighted by Gasteiger charge is -2.22. The summed E-state index contributed by atoms with van der Waals surface area (Å²) in [5.74, 6) is 2.55. The van der Waals surface area contributed by atoms with Crippen molar-refractivity contribution in [2.45, 2.75) is 38.8 Å². The monoisotopic (exact) mass is 300 g/mol. The highest BCUT2D eigenvalue weighted by Gasteiger charge is 2.26. The summed E-state index contributed by atoms with van der Waals surface area (Å²) in [6, 6.07) is 3.23. The summed E-state index contributed by atoms with van der Waals surface area (Å²) in [6.45, 7) is 5.79. The number of carbonyl (C=O) groups is 1. The molecule has 0 spiro atoms. The summed E-state index contributed by atoms with van der Waals surface area (Å²) in [6.07, 6.45) is 2.43. The average Bonchev–Trinajstić information content (AvgIpc) is 2.91. The van der Waals surface area contributed by atoms with Gasteiger partial charge in [0.15, 0.2) is 0 Å². The predicted molar refractivity (Wildman–Crippen MR) is 81.9 cm³/mol. The second-order valence-electron chi connectivity index (χ2n) is 4.96. The zero-order valence-corrected chi connectivity index (χ0v) is 13.1. The van der Waals surface area contributed by atoms with Crippen LogP contribution in [0.3, 0.4) is 0 Å². The van der Waals surface area contributed by atoms with Crippen LogP contribution in [0.15, 0.2) is 22.8 Å². The van der Waals surface area contributed by atoms with Crippen LogP contribution in [-0.4, -0.2) is 35.2 Å². The molecule has 2 amide bonds. The summed E-state index contributed by atoms with van der Waals surface area (Å²) in [5.41, 5.74) is -1.21. The van der Waals surface area contributed by atoms with Gasteiger partial charge in [0.1, 0.15) is 11.4 Å². The number of rotatable bonds is 8. The normalized spacial score (nSPS) is 15.4. The molecule has 2 atom stereocenters. The highest BCUT2D eigenvalue weighted by Crippen LogP contribution is 2.19. The Morgan fingerprint density at radius 2 is 2.35 bits per heavy atom. The van der Waals surface area contributed by atoms with Crippen molar-refractivity contribution >= 4 is 17.8 Å². The van der Waals surface area contributed by atoms with Crippen molar-refractivity contribution < 1.29 is 14.3 Å². The van der Waals surface area contributed by atoms with Gasteiger partial charge in [-0.25, -0.2) is 4.79 Å². The highest BCUT2D eigenvalue weighted by molar-refractivity contribution is 7.99. The lowest BCUT2D eigenvalue weighted by atomic mass is 10.0. The van der Waals surface area contributed by atoms with E-state index in [-0.39, 0.29) is 18.6 Å². The third kappa shape index (κ3) is 5.88. The van der Waals surface area contributed by atoms with Gasteiger partial charge in [-0.15, -0.1) is 0 Å². The Kier molecular flexibility index (Phi) is 6.95. The Balaban J connectivity index is 2.29. The van der Waals surface area contributed by atoms with E-state index in [4.69, 9.17) is 4.42 Å². The van der Waals surface area contributed by atoms with Gasteiger partial charge in [0, 0.05) is 6.04 Å². The number of carbonyl (C=O) groups excluding carboxylic acids is 1. The molecule has 0 aromatic carbocycles. The molecule has 1 rings (SSSR count). The van der Waals surface area contributed by atoms with Crippen LogP contribution < -0.4 is 10.6 Å². The molecule has 114 valence electrons. The third-order valence-corrected chi connectivity index (χ3v) is 3.85. The second kappa shape index (κ2) is 8.21. The van der Waals surface area contributed by atoms with Gasteiger partial charge >= 0.3 is 6.03 Å². The van der Waals surface area contributed by atoms with Crippen LogP contribution in [0.25, 0.3) is 0 Å². The van der Waals surface area contributed by atoms with Crippen molar-refractivity contribution in [1.29, 1.82) is 0 Å². The summed E-state index contributed by atoms with van der Waals surface area (Å²) >= 11 is 1.86. The molecule has 20 heavy (non-hydrogen) atoms. The van der Waals surface area contributed by atoms with E-state index in [1.54, 1.807) is 19.1 Å². The number of hydrogen-bond acceptors (Lipinski definition) is 4. The molecule has 0 radical (unpaired) electrons. The molecule has 0 aliphatic heterocycles. The number of hydrogen-bond donors (Lipinski definition) is 3. The van der Waals surface area contributed by atoms with Crippen LogP contribution in [0.5, 0.6) is 0 Å². The SMILES string of the molecule is CCSCCC(C)NC(=O)NCC(C)(O)c1ccco1. The molecule has 2 unspecified atom stereocenters. The van der Waals surface area contributed by atoms with Crippen LogP contribution >= 0.6 is 11.8 Å². The molecule has 0 fully saturated rings. The standard InChI is InChI=1S/C14H24N2O3S/c1-4-20-9-7-11(2)16-13(17)15-10-14(3,18)12-6-5-8-19-12/h5-6,8,11,18H,4,7,9-10H2,1-3H3,(H2,15,16,17). The largest absolute Gasteiger partial charge is 0.466 e. The van der Waals surface area contributed by atoms with Gasteiger partial charge in [-0.3, -0.25) is 0 Å². The Hall–Kier alpha value is -1.14. The summed E-state index contributed by atoms with van der Waals surface area (Å²) in [7, 11) is 0. The molecular formula is C14H24N2O3S. The number of furan rings is 1. The van der Waals surface area contributed by atoms with Crippen LogP contribution in [0.1, 0.15) is 33.0 Å². The van der Waals surface area contributed by atoms with Gasteiger partial charge in [0.05, 0.1) is 12.8 Å². The van der Waals surface area contributed by atoms with Crippen LogP contribution in [0.2, 0.25) is 0 Å². The van der Waals surface area contributed by atoms with Crippen LogP contribution in [0, 0.1) is 0 Å². The van der Waals surface area contributed by atoms with Crippen molar-refractivity contribution in [1.82, 2.24) is 10.6 Å². The van der Waals surface area contributed by atoms with Crippen molar-refractivity contribution in [3.63, 3.8) is 0 Å². The molecule has 0 aliphatic carbocycles. The molecule has 6 heteroatoms. The number of amides is 2.